The Morgan fingerprint density at radius 1 is 1.33 bits per heavy atom. The lowest BCUT2D eigenvalue weighted by molar-refractivity contribution is 0.199. The molecule has 0 unspecified atom stereocenters. The van der Waals surface area contributed by atoms with Gasteiger partial charge in [-0.05, 0) is 30.9 Å². The van der Waals surface area contributed by atoms with Crippen molar-refractivity contribution in [1.82, 2.24) is 10.3 Å². The molecule has 0 aliphatic heterocycles. The van der Waals surface area contributed by atoms with E-state index in [0.29, 0.717) is 0 Å². The van der Waals surface area contributed by atoms with Gasteiger partial charge in [-0.3, -0.25) is 4.98 Å². The molecule has 0 fully saturated rings. The molecule has 4 heteroatoms. The van der Waals surface area contributed by atoms with Crippen LogP contribution in [-0.4, -0.2) is 37.5 Å². The summed E-state index contributed by atoms with van der Waals surface area (Å²) in [6, 6.07) is 4.09. The first-order chi connectivity index (χ1) is 7.43. The normalized spacial score (nSPS) is 10.5. The highest BCUT2D eigenvalue weighted by Gasteiger charge is 1.92. The Morgan fingerprint density at radius 3 is 2.87 bits per heavy atom. The van der Waals surface area contributed by atoms with E-state index in [1.54, 1.807) is 7.11 Å². The Kier molecular flexibility index (Phi) is 7.25. The Labute approximate surface area is 95.6 Å². The number of nitrogens with zero attached hydrogens (tertiary/aromatic N) is 1. The van der Waals surface area contributed by atoms with E-state index in [1.807, 2.05) is 36.3 Å². The summed E-state index contributed by atoms with van der Waals surface area (Å²) in [6.45, 7) is 2.79. The van der Waals surface area contributed by atoms with Crippen molar-refractivity contribution in [2.24, 2.45) is 0 Å². The van der Waals surface area contributed by atoms with E-state index in [-0.39, 0.29) is 0 Å². The van der Waals surface area contributed by atoms with E-state index < -0.39 is 0 Å². The topological polar surface area (TPSA) is 34.1 Å². The molecule has 1 rings (SSSR count). The van der Waals surface area contributed by atoms with E-state index in [4.69, 9.17) is 4.74 Å². The average molecular weight is 226 g/mol. The van der Waals surface area contributed by atoms with Crippen molar-refractivity contribution < 1.29 is 4.74 Å². The molecular formula is C11H18N2OS. The maximum atomic E-state index is 4.94. The van der Waals surface area contributed by atoms with Crippen LogP contribution in [0.1, 0.15) is 6.42 Å². The van der Waals surface area contributed by atoms with Crippen LogP contribution in [-0.2, 0) is 4.74 Å². The largest absolute Gasteiger partial charge is 0.383 e. The number of pyridine rings is 1. The van der Waals surface area contributed by atoms with Crippen LogP contribution in [0.2, 0.25) is 0 Å². The van der Waals surface area contributed by atoms with Crippen molar-refractivity contribution in [1.29, 1.82) is 0 Å². The van der Waals surface area contributed by atoms with E-state index in [1.165, 1.54) is 11.3 Å². The van der Waals surface area contributed by atoms with Gasteiger partial charge in [0.2, 0.25) is 0 Å². The molecule has 0 aromatic carbocycles. The van der Waals surface area contributed by atoms with Gasteiger partial charge >= 0.3 is 0 Å². The molecular weight excluding hydrogens is 208 g/mol. The molecule has 0 bridgehead atoms. The number of methoxy groups -OCH3 is 1. The van der Waals surface area contributed by atoms with Gasteiger partial charge in [-0.15, -0.1) is 11.8 Å². The minimum Gasteiger partial charge on any atom is -0.383 e. The number of ether oxygens (including phenoxy) is 1. The Balaban J connectivity index is 1.93. The summed E-state index contributed by atoms with van der Waals surface area (Å²) in [5.41, 5.74) is 0. The highest BCUT2D eigenvalue weighted by molar-refractivity contribution is 7.99. The van der Waals surface area contributed by atoms with Gasteiger partial charge in [-0.25, -0.2) is 0 Å². The number of rotatable bonds is 8. The van der Waals surface area contributed by atoms with Gasteiger partial charge in [-0.2, -0.15) is 0 Å². The molecule has 1 heterocycles. The molecule has 84 valence electrons. The molecule has 0 saturated carbocycles. The number of hydrogen-bond acceptors (Lipinski definition) is 4. The number of hydrogen-bond donors (Lipinski definition) is 1. The Bertz CT molecular complexity index is 244. The highest BCUT2D eigenvalue weighted by Crippen LogP contribution is 2.16. The fourth-order valence-electron chi connectivity index (χ4n) is 1.12. The summed E-state index contributed by atoms with van der Waals surface area (Å²) in [5.74, 6) is 1.14. The van der Waals surface area contributed by atoms with Crippen molar-refractivity contribution in [2.45, 2.75) is 11.3 Å². The zero-order valence-corrected chi connectivity index (χ0v) is 9.93. The third-order valence-corrected chi connectivity index (χ3v) is 3.00. The third-order valence-electron chi connectivity index (χ3n) is 1.90. The van der Waals surface area contributed by atoms with Crippen molar-refractivity contribution in [3.63, 3.8) is 0 Å². The first-order valence-electron chi connectivity index (χ1n) is 5.16. The Morgan fingerprint density at radius 2 is 2.13 bits per heavy atom. The zero-order valence-electron chi connectivity index (χ0n) is 9.11. The van der Waals surface area contributed by atoms with Crippen molar-refractivity contribution >= 4 is 11.8 Å². The quantitative estimate of drug-likeness (QED) is 0.541. The SMILES string of the molecule is COCCNCCCSc1ccncc1. The summed E-state index contributed by atoms with van der Waals surface area (Å²) in [4.78, 5) is 5.28. The monoisotopic (exact) mass is 226 g/mol. The van der Waals surface area contributed by atoms with Crippen LogP contribution in [0.25, 0.3) is 0 Å². The van der Waals surface area contributed by atoms with Gasteiger partial charge < -0.3 is 10.1 Å². The maximum absolute atomic E-state index is 4.94. The van der Waals surface area contributed by atoms with Gasteiger partial charge in [0.25, 0.3) is 0 Å². The van der Waals surface area contributed by atoms with Gasteiger partial charge in [0, 0.05) is 30.9 Å². The van der Waals surface area contributed by atoms with Crippen LogP contribution in [0.3, 0.4) is 0 Å². The molecule has 15 heavy (non-hydrogen) atoms. The molecule has 1 aromatic heterocycles. The summed E-state index contributed by atoms with van der Waals surface area (Å²) >= 11 is 1.87. The summed E-state index contributed by atoms with van der Waals surface area (Å²) < 4.78 is 4.94. The zero-order chi connectivity index (χ0) is 10.8. The van der Waals surface area contributed by atoms with Crippen LogP contribution in [0.15, 0.2) is 29.4 Å². The molecule has 1 aromatic rings. The molecule has 3 nitrogen and oxygen atoms in total. The molecule has 0 aliphatic rings. The molecule has 0 radical (unpaired) electrons. The first-order valence-corrected chi connectivity index (χ1v) is 6.14. The second-order valence-corrected chi connectivity index (χ2v) is 4.30. The minimum absolute atomic E-state index is 0.789. The van der Waals surface area contributed by atoms with Crippen LogP contribution in [0, 0.1) is 0 Å². The highest BCUT2D eigenvalue weighted by atomic mass is 32.2. The second kappa shape index (κ2) is 8.71. The van der Waals surface area contributed by atoms with E-state index in [2.05, 4.69) is 10.3 Å². The van der Waals surface area contributed by atoms with Gasteiger partial charge in [0.1, 0.15) is 0 Å². The van der Waals surface area contributed by atoms with Crippen LogP contribution < -0.4 is 5.32 Å². The summed E-state index contributed by atoms with van der Waals surface area (Å²) in [6.07, 6.45) is 4.84. The number of nitrogens with one attached hydrogen (secondary N) is 1. The smallest absolute Gasteiger partial charge is 0.0587 e. The first kappa shape index (κ1) is 12.5. The number of thioether (sulfide) groups is 1. The molecule has 0 atom stereocenters. The molecule has 0 saturated heterocycles. The summed E-state index contributed by atoms with van der Waals surface area (Å²) in [5, 5.41) is 3.32. The maximum Gasteiger partial charge on any atom is 0.0587 e. The van der Waals surface area contributed by atoms with Crippen molar-refractivity contribution in [3.8, 4) is 0 Å². The van der Waals surface area contributed by atoms with Crippen molar-refractivity contribution in [2.75, 3.05) is 32.6 Å². The molecule has 0 spiro atoms. The van der Waals surface area contributed by atoms with Gasteiger partial charge in [-0.1, -0.05) is 0 Å². The van der Waals surface area contributed by atoms with E-state index in [0.717, 1.165) is 25.4 Å². The van der Waals surface area contributed by atoms with E-state index in [9.17, 15) is 0 Å². The van der Waals surface area contributed by atoms with Gasteiger partial charge in [0.15, 0.2) is 0 Å². The predicted octanol–water partition coefficient (Wildman–Crippen LogP) is 1.80. The molecule has 0 aliphatic carbocycles. The van der Waals surface area contributed by atoms with Crippen LogP contribution in [0.5, 0.6) is 0 Å². The molecule has 1 N–H and O–H groups in total. The predicted molar refractivity (Wildman–Crippen MR) is 64.3 cm³/mol. The lowest BCUT2D eigenvalue weighted by atomic mass is 10.5. The fraction of sp³-hybridized carbons (Fsp3) is 0.545. The van der Waals surface area contributed by atoms with Crippen molar-refractivity contribution in [3.05, 3.63) is 24.5 Å². The molecule has 0 amide bonds. The lowest BCUT2D eigenvalue weighted by Gasteiger charge is -2.03. The van der Waals surface area contributed by atoms with Crippen LogP contribution >= 0.6 is 11.8 Å². The fourth-order valence-corrected chi connectivity index (χ4v) is 1.96. The van der Waals surface area contributed by atoms with Gasteiger partial charge in [0.05, 0.1) is 6.61 Å². The Hall–Kier alpha value is -0.580. The average Bonchev–Trinajstić information content (AvgIpc) is 2.29. The minimum atomic E-state index is 0.789. The van der Waals surface area contributed by atoms with Crippen LogP contribution in [0.4, 0.5) is 0 Å². The standard InChI is InChI=1S/C11H18N2OS/c1-14-9-8-12-5-2-10-15-11-3-6-13-7-4-11/h3-4,6-7,12H,2,5,8-10H2,1H3. The third kappa shape index (κ3) is 6.49. The summed E-state index contributed by atoms with van der Waals surface area (Å²) in [7, 11) is 1.72. The lowest BCUT2D eigenvalue weighted by Crippen LogP contribution is -2.20. The number of aromatic nitrogens is 1. The van der Waals surface area contributed by atoms with E-state index >= 15 is 0 Å². The second-order valence-electron chi connectivity index (χ2n) is 3.13.